The van der Waals surface area contributed by atoms with Gasteiger partial charge in [-0.15, -0.1) is 0 Å². The second kappa shape index (κ2) is 8.27. The van der Waals surface area contributed by atoms with Gasteiger partial charge >= 0.3 is 0 Å². The molecule has 1 heterocycles. The van der Waals surface area contributed by atoms with Gasteiger partial charge in [0.15, 0.2) is 0 Å². The van der Waals surface area contributed by atoms with E-state index in [2.05, 4.69) is 17.0 Å². The molecule has 0 saturated heterocycles. The molecule has 27 heavy (non-hydrogen) atoms. The molecule has 1 fully saturated rings. The number of hydrogen-bond acceptors (Lipinski definition) is 4. The summed E-state index contributed by atoms with van der Waals surface area (Å²) in [6, 6.07) is 8.17. The Labute approximate surface area is 160 Å². The molecule has 1 aliphatic carbocycles. The molecule has 1 aromatic heterocycles. The molecule has 0 spiro atoms. The number of benzene rings is 1. The average molecular weight is 391 g/mol. The average Bonchev–Trinajstić information content (AvgIpc) is 3.14. The normalized spacial score (nSPS) is 20.4. The van der Waals surface area contributed by atoms with E-state index in [1.165, 1.54) is 24.8 Å². The van der Waals surface area contributed by atoms with Crippen LogP contribution in [0.2, 0.25) is 0 Å². The number of hydrogen-bond donors (Lipinski definition) is 2. The van der Waals surface area contributed by atoms with Gasteiger partial charge in [-0.05, 0) is 55.5 Å². The second-order valence-corrected chi connectivity index (χ2v) is 9.09. The topological polar surface area (TPSA) is 88.4 Å². The zero-order valence-corrected chi connectivity index (χ0v) is 16.5. The fourth-order valence-electron chi connectivity index (χ4n) is 3.50. The molecule has 6 nitrogen and oxygen atoms in total. The van der Waals surface area contributed by atoms with Gasteiger partial charge in [-0.1, -0.05) is 25.8 Å². The Hall–Kier alpha value is -2.12. The number of nitrogens with one attached hydrogen (secondary N) is 2. The van der Waals surface area contributed by atoms with Gasteiger partial charge in [0.25, 0.3) is 5.91 Å². The molecule has 7 heteroatoms. The number of carbonyl (C=O) groups excluding carboxylic acids is 1. The third kappa shape index (κ3) is 4.99. The van der Waals surface area contributed by atoms with Crippen molar-refractivity contribution in [1.82, 2.24) is 10.0 Å². The van der Waals surface area contributed by atoms with Crippen LogP contribution in [0.4, 0.5) is 0 Å². The summed E-state index contributed by atoms with van der Waals surface area (Å²) in [6.45, 7) is 4.07. The summed E-state index contributed by atoms with van der Waals surface area (Å²) in [5.74, 6) is 0.910. The summed E-state index contributed by atoms with van der Waals surface area (Å²) in [5.41, 5.74) is 1.15. The summed E-state index contributed by atoms with van der Waals surface area (Å²) in [4.78, 5) is 12.8. The molecule has 2 unspecified atom stereocenters. The SMILES string of the molecule is Cc1ccc(S(=O)(=O)NCc2ccco2)cc1C(=O)NC1CCCC(C)C1. The predicted molar refractivity (Wildman–Crippen MR) is 103 cm³/mol. The molecular weight excluding hydrogens is 364 g/mol. The van der Waals surface area contributed by atoms with Crippen molar-refractivity contribution in [3.05, 3.63) is 53.5 Å². The lowest BCUT2D eigenvalue weighted by Gasteiger charge is -2.27. The van der Waals surface area contributed by atoms with Crippen molar-refractivity contribution in [2.75, 3.05) is 0 Å². The molecule has 2 atom stereocenters. The van der Waals surface area contributed by atoms with E-state index in [0.29, 0.717) is 17.2 Å². The van der Waals surface area contributed by atoms with Crippen LogP contribution in [0.25, 0.3) is 0 Å². The second-order valence-electron chi connectivity index (χ2n) is 7.32. The highest BCUT2D eigenvalue weighted by Gasteiger charge is 2.23. The first-order chi connectivity index (χ1) is 12.8. The van der Waals surface area contributed by atoms with Gasteiger partial charge in [-0.2, -0.15) is 0 Å². The molecule has 2 aromatic rings. The van der Waals surface area contributed by atoms with Crippen molar-refractivity contribution in [3.63, 3.8) is 0 Å². The molecule has 0 radical (unpaired) electrons. The zero-order valence-electron chi connectivity index (χ0n) is 15.7. The number of rotatable bonds is 6. The van der Waals surface area contributed by atoms with E-state index in [1.54, 1.807) is 18.2 Å². The van der Waals surface area contributed by atoms with Crippen LogP contribution in [0.15, 0.2) is 45.9 Å². The summed E-state index contributed by atoms with van der Waals surface area (Å²) >= 11 is 0. The largest absolute Gasteiger partial charge is 0.468 e. The van der Waals surface area contributed by atoms with E-state index in [4.69, 9.17) is 4.42 Å². The smallest absolute Gasteiger partial charge is 0.251 e. The lowest BCUT2D eigenvalue weighted by Crippen LogP contribution is -2.38. The highest BCUT2D eigenvalue weighted by atomic mass is 32.2. The molecule has 146 valence electrons. The minimum Gasteiger partial charge on any atom is -0.468 e. The molecule has 1 saturated carbocycles. The van der Waals surface area contributed by atoms with Gasteiger partial charge in [-0.3, -0.25) is 4.79 Å². The number of aryl methyl sites for hydroxylation is 1. The first-order valence-corrected chi connectivity index (χ1v) is 10.8. The van der Waals surface area contributed by atoms with E-state index in [-0.39, 0.29) is 23.4 Å². The van der Waals surface area contributed by atoms with Crippen LogP contribution >= 0.6 is 0 Å². The summed E-state index contributed by atoms with van der Waals surface area (Å²) in [6.07, 6.45) is 5.73. The minimum absolute atomic E-state index is 0.0602. The molecule has 2 N–H and O–H groups in total. The molecule has 1 aromatic carbocycles. The van der Waals surface area contributed by atoms with E-state index < -0.39 is 10.0 Å². The van der Waals surface area contributed by atoms with Crippen molar-refractivity contribution in [2.45, 2.75) is 57.0 Å². The lowest BCUT2D eigenvalue weighted by molar-refractivity contribution is 0.0920. The molecule has 0 bridgehead atoms. The van der Waals surface area contributed by atoms with Crippen LogP contribution < -0.4 is 10.0 Å². The summed E-state index contributed by atoms with van der Waals surface area (Å²) in [5, 5.41) is 3.07. The van der Waals surface area contributed by atoms with Gasteiger partial charge < -0.3 is 9.73 Å². The van der Waals surface area contributed by atoms with Crippen molar-refractivity contribution >= 4 is 15.9 Å². The van der Waals surface area contributed by atoms with Gasteiger partial charge in [0.05, 0.1) is 17.7 Å². The monoisotopic (exact) mass is 390 g/mol. The fraction of sp³-hybridized carbons (Fsp3) is 0.450. The maximum Gasteiger partial charge on any atom is 0.251 e. The van der Waals surface area contributed by atoms with Crippen molar-refractivity contribution in [2.24, 2.45) is 5.92 Å². The van der Waals surface area contributed by atoms with E-state index in [1.807, 2.05) is 6.92 Å². The summed E-state index contributed by atoms with van der Waals surface area (Å²) in [7, 11) is -3.74. The van der Waals surface area contributed by atoms with Crippen LogP contribution in [0.5, 0.6) is 0 Å². The molecule has 1 aliphatic rings. The zero-order chi connectivity index (χ0) is 19.4. The molecule has 0 aliphatic heterocycles. The van der Waals surface area contributed by atoms with Gasteiger partial charge in [0.2, 0.25) is 10.0 Å². The predicted octanol–water partition coefficient (Wildman–Crippen LogP) is 3.38. The Morgan fingerprint density at radius 2 is 2.07 bits per heavy atom. The highest BCUT2D eigenvalue weighted by Crippen LogP contribution is 2.24. The highest BCUT2D eigenvalue weighted by molar-refractivity contribution is 7.89. The lowest BCUT2D eigenvalue weighted by atomic mass is 9.87. The third-order valence-electron chi connectivity index (χ3n) is 5.05. The van der Waals surface area contributed by atoms with Crippen LogP contribution in [0.3, 0.4) is 0 Å². The van der Waals surface area contributed by atoms with E-state index >= 15 is 0 Å². The third-order valence-corrected chi connectivity index (χ3v) is 6.45. The van der Waals surface area contributed by atoms with Gasteiger partial charge in [-0.25, -0.2) is 13.1 Å². The number of amides is 1. The fourth-order valence-corrected chi connectivity index (χ4v) is 4.52. The first kappa shape index (κ1) is 19.6. The Kier molecular flexibility index (Phi) is 6.01. The Bertz CT molecular complexity index is 891. The standard InChI is InChI=1S/C20H26N2O4S/c1-14-5-3-6-16(11-14)22-20(23)19-12-18(9-8-15(19)2)27(24,25)21-13-17-7-4-10-26-17/h4,7-10,12,14,16,21H,3,5-6,11,13H2,1-2H3,(H,22,23). The van der Waals surface area contributed by atoms with Crippen LogP contribution in [0.1, 0.15) is 54.3 Å². The maximum absolute atomic E-state index is 12.7. The van der Waals surface area contributed by atoms with Crippen molar-refractivity contribution < 1.29 is 17.6 Å². The van der Waals surface area contributed by atoms with E-state index in [9.17, 15) is 13.2 Å². The Balaban J connectivity index is 1.73. The van der Waals surface area contributed by atoms with Crippen molar-refractivity contribution in [3.8, 4) is 0 Å². The first-order valence-electron chi connectivity index (χ1n) is 9.29. The number of sulfonamides is 1. The van der Waals surface area contributed by atoms with Crippen molar-refractivity contribution in [1.29, 1.82) is 0 Å². The quantitative estimate of drug-likeness (QED) is 0.791. The van der Waals surface area contributed by atoms with Crippen LogP contribution in [0, 0.1) is 12.8 Å². The van der Waals surface area contributed by atoms with E-state index in [0.717, 1.165) is 24.8 Å². The molecular formula is C20H26N2O4S. The minimum atomic E-state index is -3.74. The van der Waals surface area contributed by atoms with Gasteiger partial charge in [0, 0.05) is 11.6 Å². The van der Waals surface area contributed by atoms with Crippen LogP contribution in [-0.2, 0) is 16.6 Å². The Morgan fingerprint density at radius 1 is 1.26 bits per heavy atom. The van der Waals surface area contributed by atoms with Gasteiger partial charge in [0.1, 0.15) is 5.76 Å². The molecule has 1 amide bonds. The maximum atomic E-state index is 12.7. The Morgan fingerprint density at radius 3 is 2.78 bits per heavy atom. The number of carbonyl (C=O) groups is 1. The van der Waals surface area contributed by atoms with Crippen LogP contribution in [-0.4, -0.2) is 20.4 Å². The summed E-state index contributed by atoms with van der Waals surface area (Å²) < 4.78 is 32.8. The number of furan rings is 1. The molecule has 3 rings (SSSR count).